The van der Waals surface area contributed by atoms with Gasteiger partial charge in [-0.25, -0.2) is 0 Å². The van der Waals surface area contributed by atoms with Crippen molar-refractivity contribution in [3.8, 4) is 0 Å². The van der Waals surface area contributed by atoms with Gasteiger partial charge in [0.25, 0.3) is 0 Å². The van der Waals surface area contributed by atoms with Gasteiger partial charge in [0.05, 0.1) is 12.2 Å². The van der Waals surface area contributed by atoms with Gasteiger partial charge >= 0.3 is 0 Å². The molecule has 2 heteroatoms. The standard InChI is InChI=1S/C20H34O2/c1-6-19(4)12-9-14-13(17(19)22)7-8-15-18(2,3)11-10-16(21)20(14,15)5/h6,13-17,21-22H,1,7-12H2,2-5H3/t13-,14+,15+,16-,17-,19+,20-/m1/s1. The third-order valence-corrected chi connectivity index (χ3v) is 8.12. The third kappa shape index (κ3) is 2.06. The molecule has 0 amide bonds. The van der Waals surface area contributed by atoms with E-state index in [9.17, 15) is 10.2 Å². The number of fused-ring (bicyclic) bond motifs is 3. The minimum absolute atomic E-state index is 0.0336. The summed E-state index contributed by atoms with van der Waals surface area (Å²) in [6, 6.07) is 0. The van der Waals surface area contributed by atoms with Crippen LogP contribution in [0.25, 0.3) is 0 Å². The molecule has 0 aromatic rings. The van der Waals surface area contributed by atoms with Crippen molar-refractivity contribution in [1.29, 1.82) is 0 Å². The van der Waals surface area contributed by atoms with Crippen molar-refractivity contribution >= 4 is 0 Å². The molecule has 0 aromatic heterocycles. The Kier molecular flexibility index (Phi) is 3.81. The van der Waals surface area contributed by atoms with Crippen LogP contribution >= 0.6 is 0 Å². The Labute approximate surface area is 136 Å². The van der Waals surface area contributed by atoms with Crippen LogP contribution in [-0.4, -0.2) is 22.4 Å². The smallest absolute Gasteiger partial charge is 0.0659 e. The Morgan fingerprint density at radius 3 is 2.27 bits per heavy atom. The lowest BCUT2D eigenvalue weighted by molar-refractivity contribution is -0.203. The van der Waals surface area contributed by atoms with E-state index < -0.39 is 0 Å². The summed E-state index contributed by atoms with van der Waals surface area (Å²) in [4.78, 5) is 0. The quantitative estimate of drug-likeness (QED) is 0.714. The van der Waals surface area contributed by atoms with Crippen LogP contribution in [0.1, 0.15) is 66.2 Å². The number of hydrogen-bond acceptors (Lipinski definition) is 2. The molecule has 0 saturated heterocycles. The number of aliphatic hydroxyl groups excluding tert-OH is 2. The minimum Gasteiger partial charge on any atom is -0.393 e. The second kappa shape index (κ2) is 5.08. The first-order valence-corrected chi connectivity index (χ1v) is 9.16. The van der Waals surface area contributed by atoms with Crippen LogP contribution < -0.4 is 0 Å². The second-order valence-corrected chi connectivity index (χ2v) is 9.50. The van der Waals surface area contributed by atoms with E-state index in [2.05, 4.69) is 34.3 Å². The van der Waals surface area contributed by atoms with E-state index in [1.807, 2.05) is 6.08 Å². The molecule has 126 valence electrons. The molecule has 0 spiro atoms. The summed E-state index contributed by atoms with van der Waals surface area (Å²) in [6.07, 6.45) is 7.84. The largest absolute Gasteiger partial charge is 0.393 e. The van der Waals surface area contributed by atoms with Gasteiger partial charge in [-0.3, -0.25) is 0 Å². The van der Waals surface area contributed by atoms with Gasteiger partial charge in [-0.15, -0.1) is 6.58 Å². The highest BCUT2D eigenvalue weighted by Crippen LogP contribution is 2.65. The molecule has 3 fully saturated rings. The molecule has 3 saturated carbocycles. The monoisotopic (exact) mass is 306 g/mol. The first kappa shape index (κ1) is 16.5. The Hall–Kier alpha value is -0.340. The number of hydrogen-bond donors (Lipinski definition) is 2. The number of rotatable bonds is 1. The molecule has 2 nitrogen and oxygen atoms in total. The average molecular weight is 306 g/mol. The molecule has 2 N–H and O–H groups in total. The topological polar surface area (TPSA) is 40.5 Å². The van der Waals surface area contributed by atoms with E-state index in [1.54, 1.807) is 0 Å². The van der Waals surface area contributed by atoms with Gasteiger partial charge in [0.15, 0.2) is 0 Å². The Morgan fingerprint density at radius 2 is 1.64 bits per heavy atom. The summed E-state index contributed by atoms with van der Waals surface area (Å²) in [6.45, 7) is 13.2. The second-order valence-electron chi connectivity index (χ2n) is 9.50. The highest BCUT2D eigenvalue weighted by Gasteiger charge is 2.61. The van der Waals surface area contributed by atoms with Gasteiger partial charge in [-0.05, 0) is 67.1 Å². The van der Waals surface area contributed by atoms with Gasteiger partial charge in [-0.1, -0.05) is 33.8 Å². The highest BCUT2D eigenvalue weighted by atomic mass is 16.3. The molecular formula is C20H34O2. The molecule has 22 heavy (non-hydrogen) atoms. The van der Waals surface area contributed by atoms with Gasteiger partial charge in [-0.2, -0.15) is 0 Å². The fourth-order valence-corrected chi connectivity index (χ4v) is 6.53. The SMILES string of the molecule is C=C[C@@]1(C)CC[C@H]2[C@@H](CC[C@H]3C(C)(C)CC[C@@H](O)[C@]23C)[C@H]1O. The van der Waals surface area contributed by atoms with Crippen molar-refractivity contribution < 1.29 is 10.2 Å². The van der Waals surface area contributed by atoms with E-state index in [-0.39, 0.29) is 23.0 Å². The lowest BCUT2D eigenvalue weighted by Gasteiger charge is -2.64. The molecule has 3 aliphatic carbocycles. The van der Waals surface area contributed by atoms with Crippen LogP contribution in [0.3, 0.4) is 0 Å². The Bertz CT molecular complexity index is 457. The van der Waals surface area contributed by atoms with Crippen molar-refractivity contribution in [1.82, 2.24) is 0 Å². The van der Waals surface area contributed by atoms with Gasteiger partial charge in [0, 0.05) is 5.41 Å². The zero-order valence-electron chi connectivity index (χ0n) is 14.8. The summed E-state index contributed by atoms with van der Waals surface area (Å²) in [7, 11) is 0. The summed E-state index contributed by atoms with van der Waals surface area (Å²) < 4.78 is 0. The van der Waals surface area contributed by atoms with Crippen LogP contribution in [-0.2, 0) is 0 Å². The average Bonchev–Trinajstić information content (AvgIpc) is 2.47. The maximum absolute atomic E-state index is 11.0. The normalized spacial score (nSPS) is 54.2. The highest BCUT2D eigenvalue weighted by molar-refractivity contribution is 5.13. The first-order valence-electron chi connectivity index (χ1n) is 9.16. The Balaban J connectivity index is 1.97. The Morgan fingerprint density at radius 1 is 0.955 bits per heavy atom. The molecule has 3 aliphatic rings. The molecule has 0 heterocycles. The first-order chi connectivity index (χ1) is 10.2. The zero-order valence-corrected chi connectivity index (χ0v) is 14.8. The minimum atomic E-state index is -0.307. The fraction of sp³-hybridized carbons (Fsp3) is 0.900. The molecule has 0 aliphatic heterocycles. The van der Waals surface area contributed by atoms with Crippen LogP contribution in [0.15, 0.2) is 12.7 Å². The van der Waals surface area contributed by atoms with E-state index >= 15 is 0 Å². The van der Waals surface area contributed by atoms with E-state index in [4.69, 9.17) is 0 Å². The maximum Gasteiger partial charge on any atom is 0.0659 e. The van der Waals surface area contributed by atoms with Crippen molar-refractivity contribution in [2.45, 2.75) is 78.4 Å². The summed E-state index contributed by atoms with van der Waals surface area (Å²) in [5.74, 6) is 1.34. The van der Waals surface area contributed by atoms with Crippen LogP contribution in [0.4, 0.5) is 0 Å². The summed E-state index contributed by atoms with van der Waals surface area (Å²) in [5, 5.41) is 21.9. The van der Waals surface area contributed by atoms with E-state index in [1.165, 1.54) is 0 Å². The summed E-state index contributed by atoms with van der Waals surface area (Å²) in [5.41, 5.74) is 0.122. The lowest BCUT2D eigenvalue weighted by Crippen LogP contribution is -2.62. The van der Waals surface area contributed by atoms with Gasteiger partial charge < -0.3 is 10.2 Å². The molecular weight excluding hydrogens is 272 g/mol. The van der Waals surface area contributed by atoms with Gasteiger partial charge in [0.1, 0.15) is 0 Å². The van der Waals surface area contributed by atoms with E-state index in [0.717, 1.165) is 38.5 Å². The van der Waals surface area contributed by atoms with Crippen molar-refractivity contribution in [3.05, 3.63) is 12.7 Å². The third-order valence-electron chi connectivity index (χ3n) is 8.12. The van der Waals surface area contributed by atoms with E-state index in [0.29, 0.717) is 23.2 Å². The van der Waals surface area contributed by atoms with Crippen molar-refractivity contribution in [2.24, 2.45) is 34.0 Å². The predicted octanol–water partition coefficient (Wildman–Crippen LogP) is 4.16. The fourth-order valence-electron chi connectivity index (χ4n) is 6.53. The summed E-state index contributed by atoms with van der Waals surface area (Å²) >= 11 is 0. The zero-order chi connectivity index (χ0) is 16.3. The lowest BCUT2D eigenvalue weighted by atomic mass is 9.42. The van der Waals surface area contributed by atoms with Crippen LogP contribution in [0.2, 0.25) is 0 Å². The van der Waals surface area contributed by atoms with Gasteiger partial charge in [0.2, 0.25) is 0 Å². The van der Waals surface area contributed by atoms with Crippen LogP contribution in [0.5, 0.6) is 0 Å². The van der Waals surface area contributed by atoms with Crippen molar-refractivity contribution in [2.75, 3.05) is 0 Å². The number of aliphatic hydroxyl groups is 2. The molecule has 0 radical (unpaired) electrons. The molecule has 7 atom stereocenters. The molecule has 0 bridgehead atoms. The molecule has 0 unspecified atom stereocenters. The predicted molar refractivity (Wildman–Crippen MR) is 90.4 cm³/mol. The molecule has 0 aromatic carbocycles. The maximum atomic E-state index is 11.0. The molecule has 3 rings (SSSR count). The van der Waals surface area contributed by atoms with Crippen LogP contribution in [0, 0.1) is 34.0 Å². The van der Waals surface area contributed by atoms with Crippen molar-refractivity contribution in [3.63, 3.8) is 0 Å².